The smallest absolute Gasteiger partial charge is 0.330 e. The average molecular weight is 200 g/mol. The summed E-state index contributed by atoms with van der Waals surface area (Å²) in [5.41, 5.74) is 0.176. The summed E-state index contributed by atoms with van der Waals surface area (Å²) in [7, 11) is 0. The number of carbonyl (C=O) groups is 1. The standard InChI is InChI=1S/C6H10O2.C4H6O2/c1-2-3-7-4-6-5-8-6;1-3(2)4(5)6/h2,6H,1,3-5H2;1H2,2H3,(H,5,6). The summed E-state index contributed by atoms with van der Waals surface area (Å²) in [5, 5.41) is 7.89. The molecule has 0 aliphatic carbocycles. The molecule has 0 spiro atoms. The Balaban J connectivity index is 0.000000255. The molecule has 1 saturated heterocycles. The fourth-order valence-corrected chi connectivity index (χ4v) is 0.447. The third-order valence-electron chi connectivity index (χ3n) is 1.31. The van der Waals surface area contributed by atoms with Crippen molar-refractivity contribution in [2.75, 3.05) is 19.8 Å². The van der Waals surface area contributed by atoms with Gasteiger partial charge in [0.25, 0.3) is 0 Å². The van der Waals surface area contributed by atoms with E-state index in [1.165, 1.54) is 6.92 Å². The molecule has 0 radical (unpaired) electrons. The first-order valence-corrected chi connectivity index (χ1v) is 4.27. The van der Waals surface area contributed by atoms with Gasteiger partial charge in [-0.15, -0.1) is 6.58 Å². The minimum atomic E-state index is -0.935. The number of carboxylic acid groups (broad SMARTS) is 1. The van der Waals surface area contributed by atoms with Gasteiger partial charge in [-0.2, -0.15) is 0 Å². The van der Waals surface area contributed by atoms with Crippen molar-refractivity contribution in [3.8, 4) is 0 Å². The number of hydrogen-bond donors (Lipinski definition) is 1. The summed E-state index contributed by atoms with van der Waals surface area (Å²) in [4.78, 5) is 9.60. The fraction of sp³-hybridized carbons (Fsp3) is 0.500. The van der Waals surface area contributed by atoms with Gasteiger partial charge in [-0.3, -0.25) is 0 Å². The van der Waals surface area contributed by atoms with Gasteiger partial charge in [-0.1, -0.05) is 12.7 Å². The van der Waals surface area contributed by atoms with Crippen molar-refractivity contribution in [2.45, 2.75) is 13.0 Å². The first-order chi connectivity index (χ1) is 6.57. The van der Waals surface area contributed by atoms with E-state index in [0.29, 0.717) is 12.7 Å². The van der Waals surface area contributed by atoms with Gasteiger partial charge < -0.3 is 14.6 Å². The molecule has 0 aromatic heterocycles. The first-order valence-electron chi connectivity index (χ1n) is 4.27. The van der Waals surface area contributed by atoms with E-state index >= 15 is 0 Å². The van der Waals surface area contributed by atoms with Gasteiger partial charge in [0.05, 0.1) is 19.8 Å². The van der Waals surface area contributed by atoms with Crippen LogP contribution in [0.4, 0.5) is 0 Å². The maximum absolute atomic E-state index is 9.60. The summed E-state index contributed by atoms with van der Waals surface area (Å²) < 4.78 is 9.96. The van der Waals surface area contributed by atoms with Gasteiger partial charge in [0, 0.05) is 5.57 Å². The molecule has 1 heterocycles. The Morgan fingerprint density at radius 1 is 1.79 bits per heavy atom. The maximum Gasteiger partial charge on any atom is 0.330 e. The molecule has 0 amide bonds. The normalized spacial score (nSPS) is 17.6. The van der Waals surface area contributed by atoms with Crippen LogP contribution in [0.2, 0.25) is 0 Å². The van der Waals surface area contributed by atoms with E-state index in [1.54, 1.807) is 6.08 Å². The first kappa shape index (κ1) is 12.9. The molecule has 0 bridgehead atoms. The Labute approximate surface area is 83.8 Å². The van der Waals surface area contributed by atoms with Crippen LogP contribution in [-0.2, 0) is 14.3 Å². The molecule has 0 aromatic carbocycles. The van der Waals surface area contributed by atoms with E-state index in [4.69, 9.17) is 14.6 Å². The van der Waals surface area contributed by atoms with E-state index in [9.17, 15) is 4.79 Å². The van der Waals surface area contributed by atoms with Crippen LogP contribution in [0.25, 0.3) is 0 Å². The molecule has 1 aliphatic heterocycles. The lowest BCUT2D eigenvalue weighted by atomic mass is 10.4. The average Bonchev–Trinajstić information content (AvgIpc) is 2.89. The summed E-state index contributed by atoms with van der Waals surface area (Å²) >= 11 is 0. The van der Waals surface area contributed by atoms with Crippen LogP contribution in [0.15, 0.2) is 24.8 Å². The van der Waals surface area contributed by atoms with E-state index in [2.05, 4.69) is 13.2 Å². The number of epoxide rings is 1. The van der Waals surface area contributed by atoms with Crippen LogP contribution in [-0.4, -0.2) is 37.0 Å². The SMILES string of the molecule is C=C(C)C(=O)O.C=CCOCC1CO1. The molecule has 1 unspecified atom stereocenters. The van der Waals surface area contributed by atoms with Crippen molar-refractivity contribution in [1.29, 1.82) is 0 Å². The molecular weight excluding hydrogens is 184 g/mol. The van der Waals surface area contributed by atoms with E-state index in [1.807, 2.05) is 0 Å². The lowest BCUT2D eigenvalue weighted by Gasteiger charge is -1.92. The zero-order valence-electron chi connectivity index (χ0n) is 8.36. The van der Waals surface area contributed by atoms with Crippen LogP contribution >= 0.6 is 0 Å². The lowest BCUT2D eigenvalue weighted by Crippen LogP contribution is -2.00. The van der Waals surface area contributed by atoms with Crippen molar-refractivity contribution in [3.05, 3.63) is 24.8 Å². The van der Waals surface area contributed by atoms with Crippen molar-refractivity contribution < 1.29 is 19.4 Å². The molecule has 4 heteroatoms. The Kier molecular flexibility index (Phi) is 6.70. The summed E-state index contributed by atoms with van der Waals surface area (Å²) in [5.74, 6) is -0.935. The van der Waals surface area contributed by atoms with Crippen molar-refractivity contribution in [3.63, 3.8) is 0 Å². The summed E-state index contributed by atoms with van der Waals surface area (Å²) in [6, 6.07) is 0. The zero-order chi connectivity index (χ0) is 11.0. The predicted molar refractivity (Wildman–Crippen MR) is 53.2 cm³/mol. The quantitative estimate of drug-likeness (QED) is 0.314. The fourth-order valence-electron chi connectivity index (χ4n) is 0.447. The topological polar surface area (TPSA) is 59.1 Å². The molecule has 0 aromatic rings. The number of hydrogen-bond acceptors (Lipinski definition) is 3. The second-order valence-corrected chi connectivity index (χ2v) is 2.87. The zero-order valence-corrected chi connectivity index (χ0v) is 8.36. The highest BCUT2D eigenvalue weighted by molar-refractivity contribution is 5.84. The maximum atomic E-state index is 9.60. The second kappa shape index (κ2) is 7.29. The Bertz CT molecular complexity index is 194. The predicted octanol–water partition coefficient (Wildman–Crippen LogP) is 1.23. The molecule has 1 aliphatic rings. The van der Waals surface area contributed by atoms with E-state index in [-0.39, 0.29) is 5.57 Å². The summed E-state index contributed by atoms with van der Waals surface area (Å²) in [6.45, 7) is 10.4. The van der Waals surface area contributed by atoms with Crippen molar-refractivity contribution in [1.82, 2.24) is 0 Å². The minimum absolute atomic E-state index is 0.176. The van der Waals surface area contributed by atoms with Gasteiger partial charge in [0.15, 0.2) is 0 Å². The van der Waals surface area contributed by atoms with E-state index < -0.39 is 5.97 Å². The van der Waals surface area contributed by atoms with Gasteiger partial charge >= 0.3 is 5.97 Å². The van der Waals surface area contributed by atoms with Crippen molar-refractivity contribution in [2.24, 2.45) is 0 Å². The van der Waals surface area contributed by atoms with Crippen molar-refractivity contribution >= 4 is 5.97 Å². The molecule has 14 heavy (non-hydrogen) atoms. The van der Waals surface area contributed by atoms with Crippen LogP contribution in [0.5, 0.6) is 0 Å². The van der Waals surface area contributed by atoms with Gasteiger partial charge in [0.1, 0.15) is 6.10 Å². The molecule has 1 atom stereocenters. The number of ether oxygens (including phenoxy) is 2. The van der Waals surface area contributed by atoms with Crippen LogP contribution in [0.3, 0.4) is 0 Å². The molecule has 0 saturated carbocycles. The minimum Gasteiger partial charge on any atom is -0.478 e. The Morgan fingerprint density at radius 2 is 2.29 bits per heavy atom. The highest BCUT2D eigenvalue weighted by atomic mass is 16.6. The molecular formula is C10H16O4. The number of rotatable bonds is 5. The van der Waals surface area contributed by atoms with Crippen LogP contribution in [0, 0.1) is 0 Å². The highest BCUT2D eigenvalue weighted by Gasteiger charge is 2.21. The largest absolute Gasteiger partial charge is 0.478 e. The van der Waals surface area contributed by atoms with Gasteiger partial charge in [-0.05, 0) is 6.92 Å². The van der Waals surface area contributed by atoms with E-state index in [0.717, 1.165) is 13.2 Å². The second-order valence-electron chi connectivity index (χ2n) is 2.87. The molecule has 1 fully saturated rings. The third-order valence-corrected chi connectivity index (χ3v) is 1.31. The molecule has 80 valence electrons. The molecule has 1 rings (SSSR count). The third kappa shape index (κ3) is 8.96. The van der Waals surface area contributed by atoms with Gasteiger partial charge in [0.2, 0.25) is 0 Å². The Hall–Kier alpha value is -1.13. The molecule has 1 N–H and O–H groups in total. The highest BCUT2D eigenvalue weighted by Crippen LogP contribution is 2.07. The number of carboxylic acids is 1. The lowest BCUT2D eigenvalue weighted by molar-refractivity contribution is -0.132. The van der Waals surface area contributed by atoms with Crippen LogP contribution < -0.4 is 0 Å². The number of aliphatic carboxylic acids is 1. The molecule has 4 nitrogen and oxygen atoms in total. The van der Waals surface area contributed by atoms with Crippen LogP contribution in [0.1, 0.15) is 6.92 Å². The summed E-state index contributed by atoms with van der Waals surface area (Å²) in [6.07, 6.45) is 2.12. The van der Waals surface area contributed by atoms with Gasteiger partial charge in [-0.25, -0.2) is 4.79 Å². The Morgan fingerprint density at radius 3 is 2.57 bits per heavy atom. The monoisotopic (exact) mass is 200 g/mol.